The molecule has 0 aromatic carbocycles. The Morgan fingerprint density at radius 3 is 2.77 bits per heavy atom. The Labute approximate surface area is 174 Å². The summed E-state index contributed by atoms with van der Waals surface area (Å²) in [5.41, 5.74) is -0.980. The van der Waals surface area contributed by atoms with Gasteiger partial charge in [0.15, 0.2) is 11.2 Å². The number of piperidine rings is 1. The van der Waals surface area contributed by atoms with Gasteiger partial charge in [-0.25, -0.2) is 9.59 Å². The van der Waals surface area contributed by atoms with E-state index in [0.717, 1.165) is 12.8 Å². The highest BCUT2D eigenvalue weighted by Gasteiger charge is 2.28. The first-order valence-corrected chi connectivity index (χ1v) is 9.94. The Morgan fingerprint density at radius 2 is 2.10 bits per heavy atom. The quantitative estimate of drug-likeness (QED) is 0.720. The van der Waals surface area contributed by atoms with Gasteiger partial charge in [0.2, 0.25) is 5.95 Å². The van der Waals surface area contributed by atoms with Gasteiger partial charge in [0.1, 0.15) is 5.60 Å². The largest absolute Gasteiger partial charge is 0.444 e. The molecule has 1 unspecified atom stereocenters. The Hall–Kier alpha value is -3.22. The smallest absolute Gasteiger partial charge is 0.407 e. The normalized spacial score (nSPS) is 16.8. The van der Waals surface area contributed by atoms with E-state index in [1.807, 2.05) is 25.7 Å². The van der Waals surface area contributed by atoms with Gasteiger partial charge >= 0.3 is 11.8 Å². The van der Waals surface area contributed by atoms with Crippen LogP contribution in [0.2, 0.25) is 0 Å². The van der Waals surface area contributed by atoms with E-state index >= 15 is 0 Å². The van der Waals surface area contributed by atoms with E-state index in [4.69, 9.17) is 4.74 Å². The first kappa shape index (κ1) is 21.5. The van der Waals surface area contributed by atoms with Gasteiger partial charge in [0.25, 0.3) is 5.56 Å². The number of ether oxygens (including phenoxy) is 1. The Bertz CT molecular complexity index is 1120. The van der Waals surface area contributed by atoms with Gasteiger partial charge in [0.05, 0.1) is 6.54 Å². The lowest BCUT2D eigenvalue weighted by molar-refractivity contribution is 0.0500. The molecule has 2 aromatic rings. The molecule has 1 fully saturated rings. The fourth-order valence-electron chi connectivity index (χ4n) is 3.52. The second kappa shape index (κ2) is 8.26. The second-order valence-electron chi connectivity index (χ2n) is 8.35. The van der Waals surface area contributed by atoms with Gasteiger partial charge in [-0.05, 0) is 40.5 Å². The van der Waals surface area contributed by atoms with Crippen molar-refractivity contribution in [1.29, 1.82) is 0 Å². The van der Waals surface area contributed by atoms with Gasteiger partial charge in [-0.1, -0.05) is 5.92 Å². The molecule has 3 rings (SSSR count). The maximum absolute atomic E-state index is 12.5. The van der Waals surface area contributed by atoms with Crippen molar-refractivity contribution in [3.05, 3.63) is 20.8 Å². The molecule has 0 saturated carbocycles. The van der Waals surface area contributed by atoms with Crippen LogP contribution in [0.1, 0.15) is 40.5 Å². The summed E-state index contributed by atoms with van der Waals surface area (Å²) >= 11 is 0. The molecule has 0 spiro atoms. The molecular formula is C20H28N6O4. The standard InChI is InChI=1S/C20H28N6O4/c1-6-7-11-26-14-15(24(5)18(28)23-16(14)27)22-17(26)25-10-8-9-13(12-25)21-19(29)30-20(2,3)4/h13H,8-12H2,1-5H3,(H,21,29)(H,23,27,28). The van der Waals surface area contributed by atoms with Crippen LogP contribution in [0.3, 0.4) is 0 Å². The van der Waals surface area contributed by atoms with Crippen molar-refractivity contribution in [3.63, 3.8) is 0 Å². The number of carbonyl (C=O) groups excluding carboxylic acids is 1. The van der Waals surface area contributed by atoms with Crippen LogP contribution in [-0.4, -0.2) is 49.9 Å². The fraction of sp³-hybridized carbons (Fsp3) is 0.600. The van der Waals surface area contributed by atoms with Crippen LogP contribution in [-0.2, 0) is 18.3 Å². The van der Waals surface area contributed by atoms with Crippen LogP contribution in [0.25, 0.3) is 11.2 Å². The van der Waals surface area contributed by atoms with Gasteiger partial charge in [-0.3, -0.25) is 18.9 Å². The van der Waals surface area contributed by atoms with Crippen molar-refractivity contribution in [2.24, 2.45) is 7.05 Å². The van der Waals surface area contributed by atoms with Gasteiger partial charge in [-0.15, -0.1) is 5.92 Å². The topological polar surface area (TPSA) is 114 Å². The zero-order valence-electron chi connectivity index (χ0n) is 18.0. The number of fused-ring (bicyclic) bond motifs is 1. The second-order valence-corrected chi connectivity index (χ2v) is 8.35. The Kier molecular flexibility index (Phi) is 5.92. The number of aromatic nitrogens is 4. The van der Waals surface area contributed by atoms with E-state index in [2.05, 4.69) is 27.1 Å². The van der Waals surface area contributed by atoms with Gasteiger partial charge in [0, 0.05) is 26.2 Å². The minimum Gasteiger partial charge on any atom is -0.444 e. The summed E-state index contributed by atoms with van der Waals surface area (Å²) in [7, 11) is 1.57. The van der Waals surface area contributed by atoms with Crippen molar-refractivity contribution in [1.82, 2.24) is 24.4 Å². The van der Waals surface area contributed by atoms with E-state index in [1.165, 1.54) is 4.57 Å². The minimum absolute atomic E-state index is 0.124. The van der Waals surface area contributed by atoms with Crippen molar-refractivity contribution < 1.29 is 9.53 Å². The highest BCUT2D eigenvalue weighted by Crippen LogP contribution is 2.23. The molecule has 0 aliphatic carbocycles. The number of H-pyrrole nitrogens is 1. The molecular weight excluding hydrogens is 388 g/mol. The maximum Gasteiger partial charge on any atom is 0.407 e. The number of carbonyl (C=O) groups is 1. The highest BCUT2D eigenvalue weighted by atomic mass is 16.6. The monoisotopic (exact) mass is 416 g/mol. The van der Waals surface area contributed by atoms with Crippen LogP contribution >= 0.6 is 0 Å². The third-order valence-electron chi connectivity index (χ3n) is 4.83. The lowest BCUT2D eigenvalue weighted by Gasteiger charge is -2.34. The SMILES string of the molecule is CC#CCn1c(N2CCCC(NC(=O)OC(C)(C)C)C2)nc2c1c(=O)[nH]c(=O)n2C. The predicted molar refractivity (Wildman–Crippen MR) is 114 cm³/mol. The van der Waals surface area contributed by atoms with Crippen molar-refractivity contribution in [3.8, 4) is 11.8 Å². The third kappa shape index (κ3) is 4.50. The van der Waals surface area contributed by atoms with Gasteiger partial charge < -0.3 is 15.0 Å². The van der Waals surface area contributed by atoms with Gasteiger partial charge in [-0.2, -0.15) is 4.98 Å². The summed E-state index contributed by atoms with van der Waals surface area (Å²) in [6.07, 6.45) is 1.18. The Balaban J connectivity index is 1.95. The minimum atomic E-state index is -0.572. The number of anilines is 1. The number of nitrogens with zero attached hydrogens (tertiary/aromatic N) is 4. The summed E-state index contributed by atoms with van der Waals surface area (Å²) in [5, 5.41) is 2.91. The molecule has 2 aromatic heterocycles. The third-order valence-corrected chi connectivity index (χ3v) is 4.83. The average Bonchev–Trinajstić information content (AvgIpc) is 3.03. The number of nitrogens with one attached hydrogen (secondary N) is 2. The summed E-state index contributed by atoms with van der Waals surface area (Å²) in [6.45, 7) is 8.66. The summed E-state index contributed by atoms with van der Waals surface area (Å²) in [4.78, 5) is 45.6. The molecule has 1 amide bonds. The summed E-state index contributed by atoms with van der Waals surface area (Å²) in [6, 6.07) is -0.124. The van der Waals surface area contributed by atoms with Crippen molar-refractivity contribution in [2.45, 2.75) is 58.7 Å². The maximum atomic E-state index is 12.5. The summed E-state index contributed by atoms with van der Waals surface area (Å²) < 4.78 is 8.40. The van der Waals surface area contributed by atoms with Crippen LogP contribution in [0.15, 0.2) is 9.59 Å². The fourth-order valence-corrected chi connectivity index (χ4v) is 3.52. The number of imidazole rings is 1. The molecule has 0 bridgehead atoms. The first-order chi connectivity index (χ1) is 14.1. The zero-order chi connectivity index (χ0) is 22.1. The lowest BCUT2D eigenvalue weighted by Crippen LogP contribution is -2.49. The van der Waals surface area contributed by atoms with Crippen molar-refractivity contribution >= 4 is 23.2 Å². The molecule has 3 heterocycles. The van der Waals surface area contributed by atoms with Crippen LogP contribution in [0, 0.1) is 11.8 Å². The number of hydrogen-bond acceptors (Lipinski definition) is 6. The van der Waals surface area contributed by atoms with E-state index in [-0.39, 0.29) is 12.6 Å². The highest BCUT2D eigenvalue weighted by molar-refractivity contribution is 5.74. The lowest BCUT2D eigenvalue weighted by atomic mass is 10.1. The molecule has 2 N–H and O–H groups in total. The molecule has 1 aliphatic heterocycles. The van der Waals surface area contributed by atoms with E-state index in [0.29, 0.717) is 30.2 Å². The number of rotatable bonds is 3. The molecule has 30 heavy (non-hydrogen) atoms. The molecule has 10 nitrogen and oxygen atoms in total. The van der Waals surface area contributed by atoms with Crippen molar-refractivity contribution in [2.75, 3.05) is 18.0 Å². The molecule has 0 radical (unpaired) electrons. The van der Waals surface area contributed by atoms with E-state index in [9.17, 15) is 14.4 Å². The predicted octanol–water partition coefficient (Wildman–Crippen LogP) is 0.940. The molecule has 1 atom stereocenters. The zero-order valence-corrected chi connectivity index (χ0v) is 18.0. The van der Waals surface area contributed by atoms with Crippen LogP contribution < -0.4 is 21.5 Å². The number of aryl methyl sites for hydroxylation is 1. The van der Waals surface area contributed by atoms with E-state index < -0.39 is 22.9 Å². The number of amides is 1. The molecule has 1 saturated heterocycles. The van der Waals surface area contributed by atoms with E-state index in [1.54, 1.807) is 18.5 Å². The average molecular weight is 416 g/mol. The number of hydrogen-bond donors (Lipinski definition) is 2. The first-order valence-electron chi connectivity index (χ1n) is 9.94. The summed E-state index contributed by atoms with van der Waals surface area (Å²) in [5.74, 6) is 6.35. The number of alkyl carbamates (subject to hydrolysis) is 1. The van der Waals surface area contributed by atoms with Crippen LogP contribution in [0.5, 0.6) is 0 Å². The van der Waals surface area contributed by atoms with Crippen LogP contribution in [0.4, 0.5) is 10.7 Å². The molecule has 10 heteroatoms. The Morgan fingerprint density at radius 1 is 1.37 bits per heavy atom. The molecule has 162 valence electrons. The number of aromatic amines is 1. The molecule has 1 aliphatic rings.